The van der Waals surface area contributed by atoms with E-state index in [4.69, 9.17) is 18.2 Å². The van der Waals surface area contributed by atoms with E-state index in [2.05, 4.69) is 182 Å². The minimum absolute atomic E-state index is 0.847. The molecule has 0 aliphatic rings. The normalized spacial score (nSPS) is 12.0. The first-order valence-electron chi connectivity index (χ1n) is 22.0. The third kappa shape index (κ3) is 5.61. The lowest BCUT2D eigenvalue weighted by atomic mass is 9.89. The van der Waals surface area contributed by atoms with E-state index in [0.29, 0.717) is 0 Å². The van der Waals surface area contributed by atoms with Crippen LogP contribution in [0, 0.1) is 0 Å². The number of para-hydroxylation sites is 4. The number of hydrogen-bond acceptors (Lipinski definition) is 4. The van der Waals surface area contributed by atoms with Crippen LogP contribution in [-0.4, -0.2) is 4.98 Å². The highest BCUT2D eigenvalue weighted by Crippen LogP contribution is 2.47. The van der Waals surface area contributed by atoms with Gasteiger partial charge in [-0.1, -0.05) is 140 Å². The van der Waals surface area contributed by atoms with Crippen LogP contribution in [0.4, 0.5) is 0 Å². The molecular formula is C61H35NO3. The first kappa shape index (κ1) is 35.8. The van der Waals surface area contributed by atoms with E-state index in [0.717, 1.165) is 138 Å². The van der Waals surface area contributed by atoms with Gasteiger partial charge >= 0.3 is 0 Å². The quantitative estimate of drug-likeness (QED) is 0.162. The number of rotatable bonds is 5. The summed E-state index contributed by atoms with van der Waals surface area (Å²) in [5.41, 5.74) is 17.2. The number of furan rings is 3. The number of nitrogens with zero attached hydrogens (tertiary/aromatic N) is 1. The number of fused-ring (bicyclic) bond motifs is 12. The minimum Gasteiger partial charge on any atom is -0.456 e. The van der Waals surface area contributed by atoms with Gasteiger partial charge in [-0.25, -0.2) is 4.98 Å². The molecule has 4 heteroatoms. The molecule has 0 spiro atoms. The topological polar surface area (TPSA) is 52.3 Å². The Kier molecular flexibility index (Phi) is 7.65. The molecule has 0 atom stereocenters. The van der Waals surface area contributed by atoms with Crippen molar-refractivity contribution in [1.29, 1.82) is 0 Å². The summed E-state index contributed by atoms with van der Waals surface area (Å²) in [7, 11) is 0. The molecule has 0 N–H and O–H groups in total. The molecule has 14 rings (SSSR count). The van der Waals surface area contributed by atoms with Crippen LogP contribution in [0.25, 0.3) is 143 Å². The van der Waals surface area contributed by atoms with Crippen molar-refractivity contribution in [1.82, 2.24) is 4.98 Å². The van der Waals surface area contributed by atoms with Crippen LogP contribution >= 0.6 is 0 Å². The van der Waals surface area contributed by atoms with E-state index in [9.17, 15) is 0 Å². The average Bonchev–Trinajstić information content (AvgIpc) is 4.06. The van der Waals surface area contributed by atoms with Crippen molar-refractivity contribution in [3.63, 3.8) is 0 Å². The fourth-order valence-corrected chi connectivity index (χ4v) is 10.2. The molecule has 0 saturated heterocycles. The van der Waals surface area contributed by atoms with Crippen LogP contribution in [-0.2, 0) is 0 Å². The van der Waals surface area contributed by atoms with Gasteiger partial charge in [0.05, 0.1) is 11.2 Å². The zero-order chi connectivity index (χ0) is 42.6. The summed E-state index contributed by atoms with van der Waals surface area (Å²) in [6, 6.07) is 75.2. The number of pyridine rings is 1. The molecule has 14 aromatic rings. The summed E-state index contributed by atoms with van der Waals surface area (Å²) in [6.07, 6.45) is 0. The van der Waals surface area contributed by atoms with Gasteiger partial charge in [-0.05, 0) is 112 Å². The van der Waals surface area contributed by atoms with E-state index in [1.807, 2.05) is 30.3 Å². The predicted molar refractivity (Wildman–Crippen MR) is 268 cm³/mol. The molecule has 0 saturated carbocycles. The lowest BCUT2D eigenvalue weighted by Gasteiger charge is -2.16. The minimum atomic E-state index is 0.847. The Balaban J connectivity index is 0.964. The van der Waals surface area contributed by atoms with E-state index in [-0.39, 0.29) is 0 Å². The second kappa shape index (κ2) is 13.9. The smallest absolute Gasteiger partial charge is 0.136 e. The highest BCUT2D eigenvalue weighted by molar-refractivity contribution is 6.27. The van der Waals surface area contributed by atoms with Crippen LogP contribution in [0.2, 0.25) is 0 Å². The Bertz CT molecular complexity index is 4100. The summed E-state index contributed by atoms with van der Waals surface area (Å²) in [5, 5.41) is 9.98. The Morgan fingerprint density at radius 1 is 0.246 bits per heavy atom. The van der Waals surface area contributed by atoms with E-state index < -0.39 is 0 Å². The van der Waals surface area contributed by atoms with Gasteiger partial charge in [0.1, 0.15) is 33.5 Å². The molecule has 4 heterocycles. The zero-order valence-corrected chi connectivity index (χ0v) is 34.9. The monoisotopic (exact) mass is 829 g/mol. The summed E-state index contributed by atoms with van der Waals surface area (Å²) < 4.78 is 19.1. The molecular weight excluding hydrogens is 795 g/mol. The summed E-state index contributed by atoms with van der Waals surface area (Å²) in [5.74, 6) is 0. The van der Waals surface area contributed by atoms with Gasteiger partial charge in [0.15, 0.2) is 0 Å². The van der Waals surface area contributed by atoms with E-state index in [1.54, 1.807) is 0 Å². The molecule has 302 valence electrons. The van der Waals surface area contributed by atoms with Crippen molar-refractivity contribution in [3.05, 3.63) is 212 Å². The molecule has 0 unspecified atom stereocenters. The Labute approximate surface area is 372 Å². The Morgan fingerprint density at radius 3 is 1.34 bits per heavy atom. The Morgan fingerprint density at radius 2 is 0.708 bits per heavy atom. The molecule has 0 aliphatic carbocycles. The molecule has 0 amide bonds. The van der Waals surface area contributed by atoms with Crippen molar-refractivity contribution >= 4 is 87.5 Å². The van der Waals surface area contributed by atoms with Crippen molar-refractivity contribution in [2.45, 2.75) is 0 Å². The van der Waals surface area contributed by atoms with Gasteiger partial charge in [-0.3, -0.25) is 0 Å². The maximum Gasteiger partial charge on any atom is 0.136 e. The molecule has 0 bridgehead atoms. The molecule has 4 aromatic heterocycles. The fourth-order valence-electron chi connectivity index (χ4n) is 10.2. The van der Waals surface area contributed by atoms with Crippen LogP contribution in [0.5, 0.6) is 0 Å². The highest BCUT2D eigenvalue weighted by Gasteiger charge is 2.22. The highest BCUT2D eigenvalue weighted by atomic mass is 16.3. The molecule has 10 aromatic carbocycles. The van der Waals surface area contributed by atoms with Crippen molar-refractivity contribution in [2.75, 3.05) is 0 Å². The standard InChI is InChI=1S/C61H35NO3/c1-2-12-37(13-3-1)58-59-46-16-4-8-18-51(46)62-61(50(59)35-57-60(58)47-17-7-11-21-54(47)65-57)38-24-22-36(23-25-38)41-30-42(39-26-28-55-48(33-39)44-14-5-9-19-52(44)63-55)32-43(31-41)40-27-29-56-49(34-40)45-15-6-10-20-53(45)64-56/h1-35H. The second-order valence-electron chi connectivity index (χ2n) is 17.0. The number of benzene rings is 10. The maximum absolute atomic E-state index is 6.64. The lowest BCUT2D eigenvalue weighted by molar-refractivity contribution is 0.668. The van der Waals surface area contributed by atoms with Crippen LogP contribution in [0.1, 0.15) is 0 Å². The molecule has 65 heavy (non-hydrogen) atoms. The first-order chi connectivity index (χ1) is 32.2. The van der Waals surface area contributed by atoms with E-state index >= 15 is 0 Å². The summed E-state index contributed by atoms with van der Waals surface area (Å²) in [6.45, 7) is 0. The van der Waals surface area contributed by atoms with Crippen LogP contribution in [0.3, 0.4) is 0 Å². The van der Waals surface area contributed by atoms with Crippen molar-refractivity contribution < 1.29 is 13.3 Å². The first-order valence-corrected chi connectivity index (χ1v) is 22.0. The van der Waals surface area contributed by atoms with E-state index in [1.165, 1.54) is 5.39 Å². The third-order valence-electron chi connectivity index (χ3n) is 13.2. The van der Waals surface area contributed by atoms with Gasteiger partial charge in [0.2, 0.25) is 0 Å². The summed E-state index contributed by atoms with van der Waals surface area (Å²) >= 11 is 0. The summed E-state index contributed by atoms with van der Waals surface area (Å²) in [4.78, 5) is 5.41. The third-order valence-corrected chi connectivity index (χ3v) is 13.2. The lowest BCUT2D eigenvalue weighted by Crippen LogP contribution is -1.93. The molecule has 0 aliphatic heterocycles. The number of aromatic nitrogens is 1. The van der Waals surface area contributed by atoms with Crippen LogP contribution < -0.4 is 0 Å². The second-order valence-corrected chi connectivity index (χ2v) is 17.0. The van der Waals surface area contributed by atoms with Gasteiger partial charge in [0.25, 0.3) is 0 Å². The fraction of sp³-hybridized carbons (Fsp3) is 0. The van der Waals surface area contributed by atoms with Gasteiger partial charge in [-0.15, -0.1) is 0 Å². The number of hydrogen-bond donors (Lipinski definition) is 0. The molecule has 0 radical (unpaired) electrons. The van der Waals surface area contributed by atoms with Gasteiger partial charge in [0, 0.05) is 59.6 Å². The van der Waals surface area contributed by atoms with Gasteiger partial charge < -0.3 is 13.3 Å². The molecule has 0 fully saturated rings. The van der Waals surface area contributed by atoms with Crippen molar-refractivity contribution in [3.8, 4) is 55.8 Å². The van der Waals surface area contributed by atoms with Crippen molar-refractivity contribution in [2.24, 2.45) is 0 Å². The molecule has 4 nitrogen and oxygen atoms in total. The maximum atomic E-state index is 6.64. The van der Waals surface area contributed by atoms with Crippen LogP contribution in [0.15, 0.2) is 226 Å². The average molecular weight is 830 g/mol. The zero-order valence-electron chi connectivity index (χ0n) is 34.9. The van der Waals surface area contributed by atoms with Gasteiger partial charge in [-0.2, -0.15) is 0 Å². The SMILES string of the molecule is c1ccc(-c2c3c(cc4c(-c5ccc(-c6cc(-c7ccc8oc9ccccc9c8c7)cc(-c7ccc8oc9ccccc9c8c7)c6)cc5)nc5ccccc5c24)oc2ccccc23)cc1. The largest absolute Gasteiger partial charge is 0.456 e. The Hall–Kier alpha value is -8.73. The predicted octanol–water partition coefficient (Wildman–Crippen LogP) is 17.4.